The number of rotatable bonds is 6. The quantitative estimate of drug-likeness (QED) is 0.346. The third-order valence-corrected chi connectivity index (χ3v) is 5.31. The molecule has 7 nitrogen and oxygen atoms in total. The average molecular weight is 431 g/mol. The van der Waals surface area contributed by atoms with E-state index < -0.39 is 5.63 Å². The second-order valence-corrected chi connectivity index (χ2v) is 7.53. The van der Waals surface area contributed by atoms with Gasteiger partial charge in [0.1, 0.15) is 17.1 Å². The van der Waals surface area contributed by atoms with Gasteiger partial charge in [0.05, 0.1) is 0 Å². The summed E-state index contributed by atoms with van der Waals surface area (Å²) in [7, 11) is 0. The van der Waals surface area contributed by atoms with E-state index in [0.29, 0.717) is 38.8 Å². The number of hydrogen-bond acceptors (Lipinski definition) is 8. The highest BCUT2D eigenvalue weighted by Crippen LogP contribution is 2.30. The van der Waals surface area contributed by atoms with Crippen LogP contribution in [0, 0.1) is 6.92 Å². The molecular formula is C20H15ClN2O5S. The number of benzene rings is 2. The number of thioether (sulfide) groups is 1. The van der Waals surface area contributed by atoms with Crippen molar-refractivity contribution < 1.29 is 18.7 Å². The normalized spacial score (nSPS) is 11.1. The van der Waals surface area contributed by atoms with Gasteiger partial charge in [0.15, 0.2) is 6.61 Å². The van der Waals surface area contributed by atoms with Crippen molar-refractivity contribution in [1.82, 2.24) is 10.2 Å². The molecule has 2 aromatic carbocycles. The van der Waals surface area contributed by atoms with E-state index in [-0.39, 0.29) is 12.4 Å². The fraction of sp³-hybridized carbons (Fsp3) is 0.150. The van der Waals surface area contributed by atoms with Crippen LogP contribution in [-0.4, -0.2) is 15.3 Å². The van der Waals surface area contributed by atoms with Crippen LogP contribution < -0.4 is 10.4 Å². The third kappa shape index (κ3) is 4.38. The zero-order chi connectivity index (χ0) is 20.4. The minimum Gasteiger partial charge on any atom is -0.508 e. The minimum atomic E-state index is -0.482. The average Bonchev–Trinajstić information content (AvgIpc) is 3.17. The molecule has 0 atom stereocenters. The maximum atomic E-state index is 11.9. The molecule has 0 radical (unpaired) electrons. The van der Waals surface area contributed by atoms with E-state index in [1.54, 1.807) is 43.3 Å². The molecular weight excluding hydrogens is 416 g/mol. The Hall–Kier alpha value is -2.97. The predicted octanol–water partition coefficient (Wildman–Crippen LogP) is 4.71. The van der Waals surface area contributed by atoms with Gasteiger partial charge in [-0.3, -0.25) is 0 Å². The Balaban J connectivity index is 1.45. The van der Waals surface area contributed by atoms with Crippen molar-refractivity contribution >= 4 is 34.3 Å². The molecule has 0 spiro atoms. The lowest BCUT2D eigenvalue weighted by atomic mass is 10.1. The van der Waals surface area contributed by atoms with Crippen LogP contribution >= 0.6 is 23.4 Å². The molecule has 0 fully saturated rings. The molecule has 148 valence electrons. The van der Waals surface area contributed by atoms with Gasteiger partial charge in [0.25, 0.3) is 11.1 Å². The fourth-order valence-corrected chi connectivity index (χ4v) is 3.60. The van der Waals surface area contributed by atoms with Crippen LogP contribution in [0.25, 0.3) is 11.0 Å². The number of aromatic nitrogens is 2. The zero-order valence-corrected chi connectivity index (χ0v) is 16.8. The summed E-state index contributed by atoms with van der Waals surface area (Å²) in [6.07, 6.45) is 0. The monoisotopic (exact) mass is 430 g/mol. The van der Waals surface area contributed by atoms with E-state index in [0.717, 1.165) is 10.9 Å². The van der Waals surface area contributed by atoms with Crippen molar-refractivity contribution in [3.05, 3.63) is 74.9 Å². The highest BCUT2D eigenvalue weighted by Gasteiger charge is 2.13. The first-order valence-corrected chi connectivity index (χ1v) is 9.95. The predicted molar refractivity (Wildman–Crippen MR) is 109 cm³/mol. The largest absolute Gasteiger partial charge is 0.508 e. The van der Waals surface area contributed by atoms with E-state index in [1.165, 1.54) is 17.8 Å². The van der Waals surface area contributed by atoms with Gasteiger partial charge in [-0.1, -0.05) is 23.4 Å². The van der Waals surface area contributed by atoms with Crippen molar-refractivity contribution in [2.75, 3.05) is 0 Å². The Bertz CT molecular complexity index is 1220. The van der Waals surface area contributed by atoms with E-state index in [4.69, 9.17) is 25.2 Å². The second kappa shape index (κ2) is 8.18. The van der Waals surface area contributed by atoms with Crippen LogP contribution in [0.15, 0.2) is 61.3 Å². The first-order chi connectivity index (χ1) is 14.0. The van der Waals surface area contributed by atoms with Gasteiger partial charge in [-0.15, -0.1) is 10.2 Å². The van der Waals surface area contributed by atoms with E-state index in [2.05, 4.69) is 10.2 Å². The first-order valence-electron chi connectivity index (χ1n) is 8.58. The first kappa shape index (κ1) is 19.4. The molecule has 2 heterocycles. The Morgan fingerprint density at radius 3 is 2.72 bits per heavy atom. The Labute approximate surface area is 174 Å². The van der Waals surface area contributed by atoms with Gasteiger partial charge in [0, 0.05) is 27.8 Å². The SMILES string of the molecule is Cc1c(O)ccc2c(CSc3nnc(COc4ccc(Cl)cc4)o3)cc(=O)oc12. The summed E-state index contributed by atoms with van der Waals surface area (Å²) < 4.78 is 16.4. The van der Waals surface area contributed by atoms with Crippen LogP contribution in [0.3, 0.4) is 0 Å². The number of fused-ring (bicyclic) bond motifs is 1. The number of aryl methyl sites for hydroxylation is 1. The summed E-state index contributed by atoms with van der Waals surface area (Å²) in [5.74, 6) is 1.47. The molecule has 0 aliphatic carbocycles. The van der Waals surface area contributed by atoms with Gasteiger partial charge in [-0.25, -0.2) is 4.79 Å². The van der Waals surface area contributed by atoms with Crippen LogP contribution in [-0.2, 0) is 12.4 Å². The van der Waals surface area contributed by atoms with E-state index in [1.807, 2.05) is 0 Å². The van der Waals surface area contributed by atoms with Gasteiger partial charge in [0.2, 0.25) is 0 Å². The van der Waals surface area contributed by atoms with Crippen LogP contribution in [0.5, 0.6) is 11.5 Å². The van der Waals surface area contributed by atoms with Gasteiger partial charge in [-0.05, 0) is 48.9 Å². The molecule has 0 bridgehead atoms. The van der Waals surface area contributed by atoms with Crippen molar-refractivity contribution in [2.24, 2.45) is 0 Å². The summed E-state index contributed by atoms with van der Waals surface area (Å²) in [6.45, 7) is 1.83. The summed E-state index contributed by atoms with van der Waals surface area (Å²) >= 11 is 7.14. The van der Waals surface area contributed by atoms with Crippen molar-refractivity contribution in [3.8, 4) is 11.5 Å². The molecule has 29 heavy (non-hydrogen) atoms. The molecule has 0 saturated heterocycles. The number of phenols is 1. The van der Waals surface area contributed by atoms with Crippen LogP contribution in [0.1, 0.15) is 17.0 Å². The Morgan fingerprint density at radius 2 is 1.93 bits per heavy atom. The fourth-order valence-electron chi connectivity index (χ4n) is 2.71. The summed E-state index contributed by atoms with van der Waals surface area (Å²) in [4.78, 5) is 11.9. The third-order valence-electron chi connectivity index (χ3n) is 4.19. The molecule has 0 aliphatic rings. The Kier molecular flexibility index (Phi) is 5.46. The van der Waals surface area contributed by atoms with Gasteiger partial charge in [-0.2, -0.15) is 0 Å². The standard InChI is InChI=1S/C20H15ClN2O5S/c1-11-16(24)7-6-15-12(8-18(25)28-19(11)15)10-29-20-23-22-17(27-20)9-26-14-4-2-13(21)3-5-14/h2-8,24H,9-10H2,1H3. The number of nitrogens with zero attached hydrogens (tertiary/aromatic N) is 2. The van der Waals surface area contributed by atoms with Crippen LogP contribution in [0.4, 0.5) is 0 Å². The van der Waals surface area contributed by atoms with Gasteiger partial charge >= 0.3 is 5.63 Å². The topological polar surface area (TPSA) is 98.6 Å². The summed E-state index contributed by atoms with van der Waals surface area (Å²) in [5, 5.41) is 19.5. The molecule has 2 aromatic heterocycles. The molecule has 4 aromatic rings. The molecule has 0 amide bonds. The number of ether oxygens (including phenoxy) is 1. The molecule has 9 heteroatoms. The number of halogens is 1. The summed E-state index contributed by atoms with van der Waals surface area (Å²) in [5.41, 5.74) is 1.16. The maximum Gasteiger partial charge on any atom is 0.336 e. The maximum absolute atomic E-state index is 11.9. The lowest BCUT2D eigenvalue weighted by Gasteiger charge is -2.07. The highest BCUT2D eigenvalue weighted by molar-refractivity contribution is 7.98. The minimum absolute atomic E-state index is 0.0766. The molecule has 0 unspecified atom stereocenters. The number of aromatic hydroxyl groups is 1. The molecule has 4 rings (SSSR count). The van der Waals surface area contributed by atoms with Crippen molar-refractivity contribution in [2.45, 2.75) is 24.5 Å². The Morgan fingerprint density at radius 1 is 1.14 bits per heavy atom. The number of phenolic OH excluding ortho intramolecular Hbond substituents is 1. The lowest BCUT2D eigenvalue weighted by Crippen LogP contribution is -2.01. The second-order valence-electron chi connectivity index (χ2n) is 6.17. The van der Waals surface area contributed by atoms with Gasteiger partial charge < -0.3 is 18.7 Å². The van der Waals surface area contributed by atoms with E-state index >= 15 is 0 Å². The highest BCUT2D eigenvalue weighted by atomic mass is 35.5. The zero-order valence-electron chi connectivity index (χ0n) is 15.2. The van der Waals surface area contributed by atoms with Crippen LogP contribution in [0.2, 0.25) is 5.02 Å². The summed E-state index contributed by atoms with van der Waals surface area (Å²) in [6, 6.07) is 11.7. The molecule has 0 aliphatic heterocycles. The number of hydrogen-bond donors (Lipinski definition) is 1. The molecule has 0 saturated carbocycles. The molecule has 1 N–H and O–H groups in total. The van der Waals surface area contributed by atoms with Crippen molar-refractivity contribution in [1.29, 1.82) is 0 Å². The lowest BCUT2D eigenvalue weighted by molar-refractivity contribution is 0.252. The van der Waals surface area contributed by atoms with E-state index in [9.17, 15) is 9.90 Å². The smallest absolute Gasteiger partial charge is 0.336 e. The van der Waals surface area contributed by atoms with Crippen molar-refractivity contribution in [3.63, 3.8) is 0 Å².